The van der Waals surface area contributed by atoms with Gasteiger partial charge in [0.15, 0.2) is 0 Å². The van der Waals surface area contributed by atoms with Crippen LogP contribution in [-0.4, -0.2) is 36.8 Å². The van der Waals surface area contributed by atoms with Gasteiger partial charge in [-0.1, -0.05) is 103 Å². The molecule has 0 amide bonds. The van der Waals surface area contributed by atoms with Crippen LogP contribution in [0, 0.1) is 0 Å². The van der Waals surface area contributed by atoms with Crippen LogP contribution in [0.25, 0.3) is 0 Å². The standard InChI is InChI=1S/C21H47NO3Si/c1-5-6-7-8-9-10-11-12-13-14-15-16-17-18-19-20-21-22-26(23-2,24-3)25-4/h22H,5-21H2,1-4H3. The Labute approximate surface area is 165 Å². The minimum absolute atomic E-state index is 0.903. The van der Waals surface area contributed by atoms with Crippen molar-refractivity contribution in [3.63, 3.8) is 0 Å². The van der Waals surface area contributed by atoms with Gasteiger partial charge in [-0.2, -0.15) is 0 Å². The van der Waals surface area contributed by atoms with E-state index in [0.29, 0.717) is 0 Å². The summed E-state index contributed by atoms with van der Waals surface area (Å²) in [5.74, 6) is 0. The molecule has 0 saturated heterocycles. The molecule has 0 aliphatic carbocycles. The molecule has 0 aromatic carbocycles. The lowest BCUT2D eigenvalue weighted by molar-refractivity contribution is 0.110. The molecule has 0 atom stereocenters. The molecule has 0 heterocycles. The summed E-state index contributed by atoms with van der Waals surface area (Å²) >= 11 is 0. The Morgan fingerprint density at radius 2 is 0.808 bits per heavy atom. The third kappa shape index (κ3) is 15.1. The highest BCUT2D eigenvalue weighted by molar-refractivity contribution is 6.57. The van der Waals surface area contributed by atoms with Crippen molar-refractivity contribution >= 4 is 8.97 Å². The summed E-state index contributed by atoms with van der Waals surface area (Å²) in [7, 11) is 2.34. The molecule has 4 nitrogen and oxygen atoms in total. The van der Waals surface area contributed by atoms with Crippen molar-refractivity contribution in [3.05, 3.63) is 0 Å². The van der Waals surface area contributed by atoms with Gasteiger partial charge in [0.2, 0.25) is 0 Å². The van der Waals surface area contributed by atoms with Crippen molar-refractivity contribution in [1.29, 1.82) is 0 Å². The van der Waals surface area contributed by atoms with Crippen molar-refractivity contribution in [2.45, 2.75) is 110 Å². The predicted molar refractivity (Wildman–Crippen MR) is 114 cm³/mol. The summed E-state index contributed by atoms with van der Waals surface area (Å²) in [6.45, 7) is 3.19. The number of rotatable bonds is 21. The molecule has 0 aromatic heterocycles. The lowest BCUT2D eigenvalue weighted by atomic mass is 10.0. The van der Waals surface area contributed by atoms with E-state index in [4.69, 9.17) is 13.3 Å². The van der Waals surface area contributed by atoms with Gasteiger partial charge in [0, 0.05) is 21.3 Å². The highest BCUT2D eigenvalue weighted by Crippen LogP contribution is 2.13. The molecular formula is C21H47NO3Si. The number of hydrogen-bond acceptors (Lipinski definition) is 4. The first-order valence-corrected chi connectivity index (χ1v) is 12.9. The lowest BCUT2D eigenvalue weighted by Crippen LogP contribution is -2.57. The van der Waals surface area contributed by atoms with Gasteiger partial charge in [0.05, 0.1) is 0 Å². The van der Waals surface area contributed by atoms with E-state index in [1.807, 2.05) is 0 Å². The fourth-order valence-corrected chi connectivity index (χ4v) is 4.80. The van der Waals surface area contributed by atoms with Crippen LogP contribution in [0.3, 0.4) is 0 Å². The van der Waals surface area contributed by atoms with Gasteiger partial charge in [-0.15, -0.1) is 0 Å². The summed E-state index contributed by atoms with van der Waals surface area (Å²) < 4.78 is 16.0. The zero-order chi connectivity index (χ0) is 19.3. The minimum Gasteiger partial charge on any atom is -0.364 e. The van der Waals surface area contributed by atoms with Crippen LogP contribution in [0.1, 0.15) is 110 Å². The van der Waals surface area contributed by atoms with Crippen LogP contribution >= 0.6 is 0 Å². The molecule has 0 bridgehead atoms. The number of nitrogens with one attached hydrogen (secondary N) is 1. The highest BCUT2D eigenvalue weighted by Gasteiger charge is 2.38. The monoisotopic (exact) mass is 389 g/mol. The summed E-state index contributed by atoms with van der Waals surface area (Å²) in [6.07, 6.45) is 22.3. The molecular weight excluding hydrogens is 342 g/mol. The molecule has 0 fully saturated rings. The fourth-order valence-electron chi connectivity index (χ4n) is 3.38. The van der Waals surface area contributed by atoms with Gasteiger partial charge in [-0.3, -0.25) is 4.98 Å². The van der Waals surface area contributed by atoms with Crippen molar-refractivity contribution in [2.75, 3.05) is 27.9 Å². The molecule has 0 aliphatic rings. The third-order valence-electron chi connectivity index (χ3n) is 5.18. The molecule has 0 saturated carbocycles. The molecule has 1 N–H and O–H groups in total. The molecule has 0 unspecified atom stereocenters. The van der Waals surface area contributed by atoms with E-state index < -0.39 is 8.97 Å². The average molecular weight is 390 g/mol. The van der Waals surface area contributed by atoms with Crippen molar-refractivity contribution in [1.82, 2.24) is 4.98 Å². The molecule has 0 spiro atoms. The minimum atomic E-state index is -2.58. The van der Waals surface area contributed by atoms with Gasteiger partial charge in [0.25, 0.3) is 0 Å². The Hall–Kier alpha value is 0.0569. The van der Waals surface area contributed by atoms with E-state index >= 15 is 0 Å². The quantitative estimate of drug-likeness (QED) is 0.187. The highest BCUT2D eigenvalue weighted by atomic mass is 28.4. The topological polar surface area (TPSA) is 39.7 Å². The maximum absolute atomic E-state index is 5.35. The van der Waals surface area contributed by atoms with E-state index in [-0.39, 0.29) is 0 Å². The van der Waals surface area contributed by atoms with Crippen LogP contribution < -0.4 is 4.98 Å². The van der Waals surface area contributed by atoms with Crippen molar-refractivity contribution in [3.8, 4) is 0 Å². The zero-order valence-corrected chi connectivity index (χ0v) is 19.2. The van der Waals surface area contributed by atoms with Crippen molar-refractivity contribution < 1.29 is 13.3 Å². The van der Waals surface area contributed by atoms with Gasteiger partial charge in [0.1, 0.15) is 0 Å². The second-order valence-electron chi connectivity index (χ2n) is 7.40. The molecule has 5 heteroatoms. The van der Waals surface area contributed by atoms with E-state index in [1.54, 1.807) is 21.3 Å². The Morgan fingerprint density at radius 3 is 1.12 bits per heavy atom. The Bertz CT molecular complexity index is 268. The maximum Gasteiger partial charge on any atom is 0.595 e. The Kier molecular flexibility index (Phi) is 19.9. The molecule has 0 aliphatic heterocycles. The first-order chi connectivity index (χ1) is 12.7. The molecule has 0 aromatic rings. The SMILES string of the molecule is CCCCCCCCCCCCCCCCCCN[Si](OC)(OC)OC. The predicted octanol–water partition coefficient (Wildman–Crippen LogP) is 6.21. The largest absolute Gasteiger partial charge is 0.595 e. The molecule has 26 heavy (non-hydrogen) atoms. The Morgan fingerprint density at radius 1 is 0.500 bits per heavy atom. The third-order valence-corrected chi connectivity index (χ3v) is 7.47. The Balaban J connectivity index is 3.20. The number of unbranched alkanes of at least 4 members (excludes halogenated alkanes) is 15. The zero-order valence-electron chi connectivity index (χ0n) is 18.2. The van der Waals surface area contributed by atoms with E-state index in [2.05, 4.69) is 11.9 Å². The van der Waals surface area contributed by atoms with Crippen LogP contribution in [0.4, 0.5) is 0 Å². The van der Waals surface area contributed by atoms with E-state index in [9.17, 15) is 0 Å². The fraction of sp³-hybridized carbons (Fsp3) is 1.00. The smallest absolute Gasteiger partial charge is 0.364 e. The van der Waals surface area contributed by atoms with Crippen LogP contribution in [0.5, 0.6) is 0 Å². The second-order valence-corrected chi connectivity index (χ2v) is 10.1. The maximum atomic E-state index is 5.35. The summed E-state index contributed by atoms with van der Waals surface area (Å²) in [4.78, 5) is 3.30. The van der Waals surface area contributed by atoms with Gasteiger partial charge >= 0.3 is 8.97 Å². The first-order valence-electron chi connectivity index (χ1n) is 11.1. The first kappa shape index (κ1) is 26.1. The van der Waals surface area contributed by atoms with Crippen LogP contribution in [0.15, 0.2) is 0 Å². The summed E-state index contributed by atoms with van der Waals surface area (Å²) in [5.41, 5.74) is 0. The average Bonchev–Trinajstić information content (AvgIpc) is 2.68. The van der Waals surface area contributed by atoms with Gasteiger partial charge < -0.3 is 13.3 Å². The van der Waals surface area contributed by atoms with Gasteiger partial charge in [-0.05, 0) is 13.0 Å². The second kappa shape index (κ2) is 19.8. The van der Waals surface area contributed by atoms with Crippen LogP contribution in [0.2, 0.25) is 0 Å². The summed E-state index contributed by atoms with van der Waals surface area (Å²) in [6, 6.07) is 0. The lowest BCUT2D eigenvalue weighted by Gasteiger charge is -2.24. The molecule has 0 radical (unpaired) electrons. The van der Waals surface area contributed by atoms with Gasteiger partial charge in [-0.25, -0.2) is 0 Å². The van der Waals surface area contributed by atoms with Crippen molar-refractivity contribution in [2.24, 2.45) is 0 Å². The molecule has 158 valence electrons. The summed E-state index contributed by atoms with van der Waals surface area (Å²) in [5, 5.41) is 0. The van der Waals surface area contributed by atoms with E-state index in [0.717, 1.165) is 13.0 Å². The molecule has 0 rings (SSSR count). The van der Waals surface area contributed by atoms with E-state index in [1.165, 1.54) is 96.3 Å². The normalized spacial score (nSPS) is 12.0. The number of hydrogen-bond donors (Lipinski definition) is 1. The van der Waals surface area contributed by atoms with Crippen LogP contribution in [-0.2, 0) is 13.3 Å².